The number of nitrogens with one attached hydrogen (secondary N) is 1. The average molecular weight is 198 g/mol. The molecule has 1 aliphatic heterocycles. The van der Waals surface area contributed by atoms with Gasteiger partial charge in [0.2, 0.25) is 5.91 Å². The topological polar surface area (TPSA) is 32.3 Å². The Bertz CT molecular complexity index is 174. The third kappa shape index (κ3) is 3.66. The first-order valence-corrected chi connectivity index (χ1v) is 5.78. The Morgan fingerprint density at radius 2 is 2.00 bits per heavy atom. The average Bonchev–Trinajstić information content (AvgIpc) is 2.19. The number of hydrogen-bond donors (Lipinski definition) is 1. The molecule has 0 saturated carbocycles. The van der Waals surface area contributed by atoms with Crippen LogP contribution in [0.5, 0.6) is 0 Å². The molecular formula is C11H22N2O. The van der Waals surface area contributed by atoms with Crippen molar-refractivity contribution in [2.24, 2.45) is 0 Å². The van der Waals surface area contributed by atoms with Crippen LogP contribution in [0.2, 0.25) is 0 Å². The third-order valence-electron chi connectivity index (χ3n) is 2.88. The van der Waals surface area contributed by atoms with Gasteiger partial charge >= 0.3 is 0 Å². The zero-order valence-electron chi connectivity index (χ0n) is 9.38. The number of likely N-dealkylation sites (tertiary alicyclic amines) is 1. The molecule has 1 amide bonds. The number of amides is 1. The Morgan fingerprint density at radius 1 is 1.36 bits per heavy atom. The smallest absolute Gasteiger partial charge is 0.220 e. The highest BCUT2D eigenvalue weighted by atomic mass is 16.1. The van der Waals surface area contributed by atoms with Crippen molar-refractivity contribution in [1.82, 2.24) is 10.2 Å². The monoisotopic (exact) mass is 198 g/mol. The van der Waals surface area contributed by atoms with E-state index in [0.717, 1.165) is 38.9 Å². The molecule has 1 fully saturated rings. The van der Waals surface area contributed by atoms with Crippen molar-refractivity contribution < 1.29 is 4.79 Å². The molecule has 0 unspecified atom stereocenters. The van der Waals surface area contributed by atoms with Crippen molar-refractivity contribution in [3.8, 4) is 0 Å². The van der Waals surface area contributed by atoms with Gasteiger partial charge in [0.25, 0.3) is 0 Å². The molecule has 3 nitrogen and oxygen atoms in total. The number of carbonyl (C=O) groups is 1. The van der Waals surface area contributed by atoms with Crippen LogP contribution in [0.15, 0.2) is 0 Å². The van der Waals surface area contributed by atoms with Crippen molar-refractivity contribution in [3.63, 3.8) is 0 Å². The second-order valence-electron chi connectivity index (χ2n) is 4.03. The number of nitrogens with zero attached hydrogens (tertiary/aromatic N) is 1. The lowest BCUT2D eigenvalue weighted by Gasteiger charge is -2.31. The summed E-state index contributed by atoms with van der Waals surface area (Å²) in [6, 6.07) is 0.428. The maximum atomic E-state index is 11.3. The van der Waals surface area contributed by atoms with Crippen LogP contribution in [-0.2, 0) is 4.79 Å². The first-order chi connectivity index (χ1) is 6.76. The van der Waals surface area contributed by atoms with Gasteiger partial charge in [0.15, 0.2) is 0 Å². The van der Waals surface area contributed by atoms with Crippen molar-refractivity contribution >= 4 is 5.91 Å². The van der Waals surface area contributed by atoms with Crippen LogP contribution in [0.4, 0.5) is 0 Å². The first kappa shape index (κ1) is 11.5. The zero-order chi connectivity index (χ0) is 10.4. The largest absolute Gasteiger partial charge is 0.353 e. The standard InChI is InChI=1S/C11H22N2O/c1-3-5-11(14)12-10-6-8-13(4-2)9-7-10/h10H,3-9H2,1-2H3,(H,12,14). The maximum Gasteiger partial charge on any atom is 0.220 e. The van der Waals surface area contributed by atoms with Crippen LogP contribution in [0, 0.1) is 0 Å². The molecular weight excluding hydrogens is 176 g/mol. The molecule has 14 heavy (non-hydrogen) atoms. The van der Waals surface area contributed by atoms with Gasteiger partial charge in [0.1, 0.15) is 0 Å². The molecule has 82 valence electrons. The Kier molecular flexibility index (Phi) is 4.94. The van der Waals surface area contributed by atoms with E-state index < -0.39 is 0 Å². The first-order valence-electron chi connectivity index (χ1n) is 5.78. The molecule has 0 bridgehead atoms. The van der Waals surface area contributed by atoms with Crippen LogP contribution < -0.4 is 5.32 Å². The van der Waals surface area contributed by atoms with E-state index in [1.54, 1.807) is 0 Å². The summed E-state index contributed by atoms with van der Waals surface area (Å²) < 4.78 is 0. The molecule has 0 spiro atoms. The highest BCUT2D eigenvalue weighted by molar-refractivity contribution is 5.76. The van der Waals surface area contributed by atoms with Crippen molar-refractivity contribution in [2.45, 2.75) is 45.6 Å². The summed E-state index contributed by atoms with van der Waals surface area (Å²) in [4.78, 5) is 13.8. The zero-order valence-corrected chi connectivity index (χ0v) is 9.38. The fourth-order valence-corrected chi connectivity index (χ4v) is 1.92. The van der Waals surface area contributed by atoms with Crippen LogP contribution >= 0.6 is 0 Å². The second kappa shape index (κ2) is 6.02. The molecule has 0 atom stereocenters. The van der Waals surface area contributed by atoms with E-state index in [2.05, 4.69) is 17.1 Å². The number of carbonyl (C=O) groups excluding carboxylic acids is 1. The molecule has 0 aromatic rings. The number of piperidine rings is 1. The number of hydrogen-bond acceptors (Lipinski definition) is 2. The molecule has 1 saturated heterocycles. The summed E-state index contributed by atoms with van der Waals surface area (Å²) in [7, 11) is 0. The normalized spacial score (nSPS) is 19.6. The van der Waals surface area contributed by atoms with Crippen LogP contribution in [0.3, 0.4) is 0 Å². The minimum absolute atomic E-state index is 0.224. The lowest BCUT2D eigenvalue weighted by molar-refractivity contribution is -0.122. The van der Waals surface area contributed by atoms with Gasteiger partial charge in [-0.1, -0.05) is 13.8 Å². The minimum Gasteiger partial charge on any atom is -0.353 e. The third-order valence-corrected chi connectivity index (χ3v) is 2.88. The Hall–Kier alpha value is -0.570. The van der Waals surface area contributed by atoms with Gasteiger partial charge in [-0.2, -0.15) is 0 Å². The molecule has 1 aliphatic rings. The van der Waals surface area contributed by atoms with Crippen LogP contribution in [0.1, 0.15) is 39.5 Å². The van der Waals surface area contributed by atoms with Gasteiger partial charge in [-0.25, -0.2) is 0 Å². The lowest BCUT2D eigenvalue weighted by Crippen LogP contribution is -2.44. The van der Waals surface area contributed by atoms with E-state index in [1.165, 1.54) is 0 Å². The molecule has 1 heterocycles. The molecule has 1 N–H and O–H groups in total. The summed E-state index contributed by atoms with van der Waals surface area (Å²) >= 11 is 0. The fourth-order valence-electron chi connectivity index (χ4n) is 1.92. The Morgan fingerprint density at radius 3 is 2.50 bits per heavy atom. The Balaban J connectivity index is 2.18. The van der Waals surface area contributed by atoms with Gasteiger partial charge in [-0.05, 0) is 25.8 Å². The maximum absolute atomic E-state index is 11.3. The van der Waals surface area contributed by atoms with Crippen LogP contribution in [-0.4, -0.2) is 36.5 Å². The molecule has 0 radical (unpaired) electrons. The van der Waals surface area contributed by atoms with Gasteiger partial charge < -0.3 is 10.2 Å². The predicted octanol–water partition coefficient (Wildman–Crippen LogP) is 1.39. The highest BCUT2D eigenvalue weighted by Crippen LogP contribution is 2.09. The van der Waals surface area contributed by atoms with Gasteiger partial charge in [-0.15, -0.1) is 0 Å². The molecule has 0 aliphatic carbocycles. The van der Waals surface area contributed by atoms with Gasteiger partial charge in [-0.3, -0.25) is 4.79 Å². The summed E-state index contributed by atoms with van der Waals surface area (Å²) in [5.74, 6) is 0.224. The number of rotatable bonds is 4. The molecule has 3 heteroatoms. The van der Waals surface area contributed by atoms with E-state index >= 15 is 0 Å². The second-order valence-corrected chi connectivity index (χ2v) is 4.03. The van der Waals surface area contributed by atoms with E-state index in [1.807, 2.05) is 6.92 Å². The van der Waals surface area contributed by atoms with Crippen LogP contribution in [0.25, 0.3) is 0 Å². The summed E-state index contributed by atoms with van der Waals surface area (Å²) in [5.41, 5.74) is 0. The summed E-state index contributed by atoms with van der Waals surface area (Å²) in [5, 5.41) is 3.10. The van der Waals surface area contributed by atoms with E-state index in [4.69, 9.17) is 0 Å². The van der Waals surface area contributed by atoms with E-state index in [0.29, 0.717) is 12.5 Å². The minimum atomic E-state index is 0.224. The SMILES string of the molecule is CCCC(=O)NC1CCN(CC)CC1. The highest BCUT2D eigenvalue weighted by Gasteiger charge is 2.18. The summed E-state index contributed by atoms with van der Waals surface area (Å²) in [6.07, 6.45) is 3.85. The van der Waals surface area contributed by atoms with Crippen molar-refractivity contribution in [3.05, 3.63) is 0 Å². The quantitative estimate of drug-likeness (QED) is 0.740. The van der Waals surface area contributed by atoms with Gasteiger partial charge in [0, 0.05) is 25.6 Å². The Labute approximate surface area is 86.9 Å². The summed E-state index contributed by atoms with van der Waals surface area (Å²) in [6.45, 7) is 7.63. The lowest BCUT2D eigenvalue weighted by atomic mass is 10.0. The van der Waals surface area contributed by atoms with Gasteiger partial charge in [0.05, 0.1) is 0 Å². The molecule has 1 rings (SSSR count). The fraction of sp³-hybridized carbons (Fsp3) is 0.909. The van der Waals surface area contributed by atoms with Crippen molar-refractivity contribution in [1.29, 1.82) is 0 Å². The van der Waals surface area contributed by atoms with E-state index in [9.17, 15) is 4.79 Å². The molecule has 0 aromatic heterocycles. The van der Waals surface area contributed by atoms with E-state index in [-0.39, 0.29) is 5.91 Å². The predicted molar refractivity (Wildman–Crippen MR) is 58.2 cm³/mol. The molecule has 0 aromatic carbocycles. The van der Waals surface area contributed by atoms with Crippen molar-refractivity contribution in [2.75, 3.05) is 19.6 Å².